The highest BCUT2D eigenvalue weighted by molar-refractivity contribution is 5.80. The molecular formula is C24H26F6N2O. The molecule has 9 heteroatoms. The first kappa shape index (κ1) is 25.1. The molecule has 1 fully saturated rings. The molecule has 1 N–H and O–H groups in total. The Kier molecular flexibility index (Phi) is 7.12. The topological polar surface area (TPSA) is 32.3 Å². The fourth-order valence-corrected chi connectivity index (χ4v) is 4.38. The molecule has 33 heavy (non-hydrogen) atoms. The molecule has 0 radical (unpaired) electrons. The Balaban J connectivity index is 1.93. The lowest BCUT2D eigenvalue weighted by Crippen LogP contribution is -2.44. The molecule has 0 bridgehead atoms. The van der Waals surface area contributed by atoms with E-state index in [9.17, 15) is 31.1 Å². The van der Waals surface area contributed by atoms with E-state index in [1.54, 1.807) is 0 Å². The second-order valence-corrected chi connectivity index (χ2v) is 8.53. The lowest BCUT2D eigenvalue weighted by atomic mass is 9.79. The van der Waals surface area contributed by atoms with Crippen LogP contribution in [0.25, 0.3) is 0 Å². The maximum absolute atomic E-state index is 13.4. The Labute approximate surface area is 188 Å². The fourth-order valence-electron chi connectivity index (χ4n) is 4.38. The third-order valence-corrected chi connectivity index (χ3v) is 6.41. The molecule has 0 aliphatic carbocycles. The Morgan fingerprint density at radius 2 is 1.61 bits per heavy atom. The van der Waals surface area contributed by atoms with E-state index in [2.05, 4.69) is 5.32 Å². The van der Waals surface area contributed by atoms with Gasteiger partial charge in [-0.1, -0.05) is 24.3 Å². The number of alkyl halides is 6. The van der Waals surface area contributed by atoms with Gasteiger partial charge in [-0.25, -0.2) is 0 Å². The van der Waals surface area contributed by atoms with Gasteiger partial charge in [-0.3, -0.25) is 4.79 Å². The summed E-state index contributed by atoms with van der Waals surface area (Å²) in [6.45, 7) is 4.55. The van der Waals surface area contributed by atoms with E-state index in [1.165, 1.54) is 18.9 Å². The van der Waals surface area contributed by atoms with E-state index in [0.717, 1.165) is 11.1 Å². The zero-order chi connectivity index (χ0) is 24.6. The Morgan fingerprint density at radius 1 is 1.03 bits per heavy atom. The van der Waals surface area contributed by atoms with Gasteiger partial charge in [-0.15, -0.1) is 0 Å². The number of halogens is 6. The van der Waals surface area contributed by atoms with Crippen LogP contribution >= 0.6 is 0 Å². The number of nitrogens with one attached hydrogen (secondary N) is 1. The smallest absolute Gasteiger partial charge is 0.339 e. The number of rotatable bonds is 4. The van der Waals surface area contributed by atoms with Gasteiger partial charge in [0.15, 0.2) is 0 Å². The maximum atomic E-state index is 13.4. The largest absolute Gasteiger partial charge is 0.416 e. The Bertz CT molecular complexity index is 969. The summed E-state index contributed by atoms with van der Waals surface area (Å²) in [4.78, 5) is 14.7. The van der Waals surface area contributed by atoms with Gasteiger partial charge in [0.1, 0.15) is 0 Å². The van der Waals surface area contributed by atoms with Crippen LogP contribution in [0.15, 0.2) is 42.5 Å². The summed E-state index contributed by atoms with van der Waals surface area (Å²) in [7, 11) is 1.43. The number of amides is 1. The van der Waals surface area contributed by atoms with Crippen LogP contribution in [0.3, 0.4) is 0 Å². The molecule has 0 aromatic heterocycles. The highest BCUT2D eigenvalue weighted by Gasteiger charge is 2.39. The maximum Gasteiger partial charge on any atom is 0.416 e. The molecule has 3 nitrogen and oxygen atoms in total. The summed E-state index contributed by atoms with van der Waals surface area (Å²) in [6, 6.07) is 8.15. The summed E-state index contributed by atoms with van der Waals surface area (Å²) >= 11 is 0. The van der Waals surface area contributed by atoms with E-state index in [4.69, 9.17) is 0 Å². The van der Waals surface area contributed by atoms with Gasteiger partial charge < -0.3 is 10.2 Å². The van der Waals surface area contributed by atoms with Gasteiger partial charge in [-0.2, -0.15) is 26.3 Å². The number of carbonyl (C=O) groups is 1. The third-order valence-electron chi connectivity index (χ3n) is 6.41. The van der Waals surface area contributed by atoms with Crippen LogP contribution in [0, 0.1) is 12.8 Å². The molecule has 0 saturated carbocycles. The second-order valence-electron chi connectivity index (χ2n) is 8.53. The predicted molar refractivity (Wildman–Crippen MR) is 113 cm³/mol. The van der Waals surface area contributed by atoms with Gasteiger partial charge in [0.05, 0.1) is 17.2 Å². The zero-order valence-electron chi connectivity index (χ0n) is 18.5. The number of hydrogen-bond donors (Lipinski definition) is 1. The minimum atomic E-state index is -4.94. The molecule has 1 amide bonds. The van der Waals surface area contributed by atoms with Gasteiger partial charge in [0.25, 0.3) is 0 Å². The molecule has 2 aromatic rings. The first-order valence-corrected chi connectivity index (χ1v) is 10.6. The van der Waals surface area contributed by atoms with Gasteiger partial charge >= 0.3 is 12.4 Å². The number of piperidine rings is 1. The molecule has 3 unspecified atom stereocenters. The molecular weight excluding hydrogens is 446 g/mol. The summed E-state index contributed by atoms with van der Waals surface area (Å²) in [5, 5.41) is 3.27. The summed E-state index contributed by atoms with van der Waals surface area (Å²) in [6.07, 6.45) is -9.36. The van der Waals surface area contributed by atoms with Crippen molar-refractivity contribution in [3.8, 4) is 0 Å². The van der Waals surface area contributed by atoms with Crippen molar-refractivity contribution >= 4 is 5.91 Å². The van der Waals surface area contributed by atoms with Crippen molar-refractivity contribution in [1.29, 1.82) is 0 Å². The van der Waals surface area contributed by atoms with Crippen LogP contribution in [0.1, 0.15) is 53.1 Å². The van der Waals surface area contributed by atoms with Gasteiger partial charge in [-0.05, 0) is 61.7 Å². The predicted octanol–water partition coefficient (Wildman–Crippen LogP) is 5.95. The summed E-state index contributed by atoms with van der Waals surface area (Å²) in [5.74, 6) is -0.884. The number of benzene rings is 2. The lowest BCUT2D eigenvalue weighted by molar-refractivity contribution is -0.143. The molecule has 1 heterocycles. The second kappa shape index (κ2) is 9.37. The van der Waals surface area contributed by atoms with E-state index in [1.807, 2.05) is 31.2 Å². The number of nitrogens with zero attached hydrogens (tertiary/aromatic N) is 1. The number of hydrogen-bond acceptors (Lipinski definition) is 2. The van der Waals surface area contributed by atoms with E-state index in [-0.39, 0.29) is 23.5 Å². The minimum absolute atomic E-state index is 0.0963. The molecule has 3 rings (SSSR count). The van der Waals surface area contributed by atoms with Crippen molar-refractivity contribution in [2.45, 2.75) is 44.6 Å². The van der Waals surface area contributed by atoms with Crippen molar-refractivity contribution < 1.29 is 31.1 Å². The van der Waals surface area contributed by atoms with Crippen molar-refractivity contribution in [3.05, 3.63) is 70.3 Å². The first-order chi connectivity index (χ1) is 15.3. The summed E-state index contributed by atoms with van der Waals surface area (Å²) in [5.41, 5.74) is -0.969. The quantitative estimate of drug-likeness (QED) is 0.558. The lowest BCUT2D eigenvalue weighted by Gasteiger charge is -2.37. The average Bonchev–Trinajstić information content (AvgIpc) is 2.76. The van der Waals surface area contributed by atoms with Crippen LogP contribution in [-0.2, 0) is 17.1 Å². The average molecular weight is 472 g/mol. The van der Waals surface area contributed by atoms with Crippen molar-refractivity contribution in [1.82, 2.24) is 10.2 Å². The highest BCUT2D eigenvalue weighted by Crippen LogP contribution is 2.39. The molecule has 1 saturated heterocycles. The van der Waals surface area contributed by atoms with Gasteiger partial charge in [0, 0.05) is 25.4 Å². The third kappa shape index (κ3) is 5.51. The van der Waals surface area contributed by atoms with E-state index >= 15 is 0 Å². The molecule has 0 spiro atoms. The standard InChI is InChI=1S/C24H26F6N2O/c1-14-6-4-5-7-19(14)21-13-31-9-8-20(21)22(33)32(3)15(2)16-10-17(23(25,26)27)12-18(11-16)24(28,29)30/h4-7,10-12,15,20-21,31H,8-9,13H2,1-3H3. The molecule has 3 atom stereocenters. The normalized spacial score (nSPS) is 20.4. The van der Waals surface area contributed by atoms with Crippen LogP contribution in [-0.4, -0.2) is 30.9 Å². The highest BCUT2D eigenvalue weighted by atomic mass is 19.4. The monoisotopic (exact) mass is 472 g/mol. The van der Waals surface area contributed by atoms with Gasteiger partial charge in [0.2, 0.25) is 5.91 Å². The molecule has 1 aliphatic rings. The van der Waals surface area contributed by atoms with Crippen LogP contribution < -0.4 is 5.32 Å². The molecule has 2 aromatic carbocycles. The van der Waals surface area contributed by atoms with E-state index in [0.29, 0.717) is 31.6 Å². The molecule has 1 aliphatic heterocycles. The van der Waals surface area contributed by atoms with Crippen LogP contribution in [0.4, 0.5) is 26.3 Å². The zero-order valence-corrected chi connectivity index (χ0v) is 18.5. The first-order valence-electron chi connectivity index (χ1n) is 10.6. The number of aryl methyl sites for hydroxylation is 1. The van der Waals surface area contributed by atoms with Crippen molar-refractivity contribution in [3.63, 3.8) is 0 Å². The minimum Gasteiger partial charge on any atom is -0.339 e. The van der Waals surface area contributed by atoms with Crippen LogP contribution in [0.2, 0.25) is 0 Å². The van der Waals surface area contributed by atoms with Crippen molar-refractivity contribution in [2.24, 2.45) is 5.92 Å². The van der Waals surface area contributed by atoms with E-state index < -0.39 is 35.4 Å². The summed E-state index contributed by atoms with van der Waals surface area (Å²) < 4.78 is 79.6. The van der Waals surface area contributed by atoms with Crippen molar-refractivity contribution in [2.75, 3.05) is 20.1 Å². The Hall–Kier alpha value is -2.55. The SMILES string of the molecule is Cc1ccccc1C1CNCCC1C(=O)N(C)C(C)c1cc(C(F)(F)F)cc(C(F)(F)F)c1. The fraction of sp³-hybridized carbons (Fsp3) is 0.458. The number of carbonyl (C=O) groups excluding carboxylic acids is 1. The Morgan fingerprint density at radius 3 is 2.15 bits per heavy atom. The molecule has 180 valence electrons. The van der Waals surface area contributed by atoms with Crippen LogP contribution in [0.5, 0.6) is 0 Å².